The summed E-state index contributed by atoms with van der Waals surface area (Å²) < 4.78 is 11.5. The van der Waals surface area contributed by atoms with Gasteiger partial charge in [0.25, 0.3) is 6.79 Å². The summed E-state index contributed by atoms with van der Waals surface area (Å²) in [4.78, 5) is 0. The molecule has 1 atom stereocenters. The van der Waals surface area contributed by atoms with Gasteiger partial charge < -0.3 is 9.47 Å². The van der Waals surface area contributed by atoms with E-state index in [4.69, 9.17) is 9.47 Å². The van der Waals surface area contributed by atoms with Crippen LogP contribution in [-0.4, -0.2) is 12.2 Å². The van der Waals surface area contributed by atoms with E-state index in [0.29, 0.717) is 12.2 Å². The molecule has 0 saturated heterocycles. The second-order valence-corrected chi connectivity index (χ2v) is 7.17. The predicted octanol–water partition coefficient (Wildman–Crippen LogP) is 6.51. The number of rotatable bonds is 13. The molecule has 130 valence electrons. The molecule has 0 aromatic carbocycles. The van der Waals surface area contributed by atoms with E-state index >= 15 is 0 Å². The maximum atomic E-state index is 5.77. The summed E-state index contributed by atoms with van der Waals surface area (Å²) in [7, 11) is 0. The molecule has 0 N–H and O–H groups in total. The first kappa shape index (κ1) is 20.0. The van der Waals surface area contributed by atoms with Gasteiger partial charge in [-0.3, -0.25) is 0 Å². The molecule has 22 heavy (non-hydrogen) atoms. The number of ether oxygens (including phenoxy) is 2. The molecule has 1 aliphatic carbocycles. The molecule has 0 amide bonds. The molecule has 0 unspecified atom stereocenters. The van der Waals surface area contributed by atoms with Crippen LogP contribution < -0.4 is 0 Å². The van der Waals surface area contributed by atoms with Crippen LogP contribution in [0.3, 0.4) is 0 Å². The van der Waals surface area contributed by atoms with E-state index in [1.54, 1.807) is 0 Å². The van der Waals surface area contributed by atoms with Crippen LogP contribution in [0.4, 0.5) is 0 Å². The average Bonchev–Trinajstić information content (AvgIpc) is 2.52. The smallest absolute Gasteiger partial charge is 0.292 e. The second-order valence-electron chi connectivity index (χ2n) is 7.17. The van der Waals surface area contributed by atoms with E-state index in [1.165, 1.54) is 57.8 Å². The van der Waals surface area contributed by atoms with Gasteiger partial charge in [0.15, 0.2) is 0 Å². The Bertz CT molecular complexity index is 234. The molecule has 0 aliphatic heterocycles. The lowest BCUT2D eigenvalue weighted by atomic mass is 9.89. The highest BCUT2D eigenvalue weighted by Crippen LogP contribution is 2.26. The zero-order valence-corrected chi connectivity index (χ0v) is 15.2. The van der Waals surface area contributed by atoms with Crippen molar-refractivity contribution in [3.05, 3.63) is 6.79 Å². The van der Waals surface area contributed by atoms with Crippen LogP contribution in [0, 0.1) is 12.7 Å². The van der Waals surface area contributed by atoms with Crippen molar-refractivity contribution in [1.82, 2.24) is 0 Å². The summed E-state index contributed by atoms with van der Waals surface area (Å²) in [6.07, 6.45) is 17.0. The minimum Gasteiger partial charge on any atom is -0.337 e. The Labute approximate surface area is 139 Å². The van der Waals surface area contributed by atoms with Crippen LogP contribution >= 0.6 is 0 Å². The molecule has 2 nitrogen and oxygen atoms in total. The zero-order chi connectivity index (χ0) is 16.0. The normalized spacial score (nSPS) is 23.6. The molecule has 2 radical (unpaired) electrons. The Kier molecular flexibility index (Phi) is 12.1. The van der Waals surface area contributed by atoms with Crippen molar-refractivity contribution in [2.24, 2.45) is 5.92 Å². The van der Waals surface area contributed by atoms with Crippen molar-refractivity contribution in [2.45, 2.75) is 116 Å². The van der Waals surface area contributed by atoms with Crippen molar-refractivity contribution >= 4 is 0 Å². The lowest BCUT2D eigenvalue weighted by Crippen LogP contribution is -2.21. The zero-order valence-electron chi connectivity index (χ0n) is 15.2. The van der Waals surface area contributed by atoms with Gasteiger partial charge in [-0.2, -0.15) is 0 Å². The Morgan fingerprint density at radius 1 is 0.864 bits per heavy atom. The van der Waals surface area contributed by atoms with Gasteiger partial charge >= 0.3 is 0 Å². The van der Waals surface area contributed by atoms with Gasteiger partial charge in [0.05, 0.1) is 12.2 Å². The summed E-state index contributed by atoms with van der Waals surface area (Å²) in [5, 5.41) is 0. The minimum absolute atomic E-state index is 0.304. The van der Waals surface area contributed by atoms with Gasteiger partial charge in [-0.05, 0) is 44.4 Å². The molecule has 0 aromatic heterocycles. The fourth-order valence-electron chi connectivity index (χ4n) is 3.25. The molecule has 0 heterocycles. The second kappa shape index (κ2) is 13.4. The molecular formula is C20H38O2. The van der Waals surface area contributed by atoms with Gasteiger partial charge in [-0.1, -0.05) is 65.7 Å². The quantitative estimate of drug-likeness (QED) is 0.361. The molecule has 1 fully saturated rings. The third kappa shape index (κ3) is 9.84. The van der Waals surface area contributed by atoms with E-state index in [9.17, 15) is 0 Å². The summed E-state index contributed by atoms with van der Waals surface area (Å²) in [5.41, 5.74) is 0. The number of hydrogen-bond donors (Lipinski definition) is 0. The van der Waals surface area contributed by atoms with E-state index < -0.39 is 0 Å². The first-order valence-electron chi connectivity index (χ1n) is 9.82. The highest BCUT2D eigenvalue weighted by molar-refractivity contribution is 4.70. The third-order valence-electron chi connectivity index (χ3n) is 4.88. The summed E-state index contributed by atoms with van der Waals surface area (Å²) in [6.45, 7) is 9.64. The van der Waals surface area contributed by atoms with Gasteiger partial charge in [0.1, 0.15) is 0 Å². The molecule has 2 heteroatoms. The molecular weight excluding hydrogens is 272 g/mol. The van der Waals surface area contributed by atoms with Crippen molar-refractivity contribution in [3.8, 4) is 0 Å². The van der Waals surface area contributed by atoms with Crippen molar-refractivity contribution < 1.29 is 9.47 Å². The third-order valence-corrected chi connectivity index (χ3v) is 4.88. The van der Waals surface area contributed by atoms with E-state index in [-0.39, 0.29) is 0 Å². The maximum Gasteiger partial charge on any atom is 0.292 e. The predicted molar refractivity (Wildman–Crippen MR) is 93.5 cm³/mol. The number of unbranched alkanes of at least 4 members (excludes halogenated alkanes) is 5. The molecule has 0 bridgehead atoms. The molecule has 1 saturated carbocycles. The molecule has 1 rings (SSSR count). The lowest BCUT2D eigenvalue weighted by molar-refractivity contribution is -0.0688. The van der Waals surface area contributed by atoms with Crippen LogP contribution in [0.1, 0.15) is 104 Å². The lowest BCUT2D eigenvalue weighted by Gasteiger charge is -2.26. The number of hydrogen-bond acceptors (Lipinski definition) is 2. The van der Waals surface area contributed by atoms with Crippen molar-refractivity contribution in [1.29, 1.82) is 0 Å². The van der Waals surface area contributed by atoms with Gasteiger partial charge in [-0.15, -0.1) is 0 Å². The SMILES string of the molecule is CCCCCCCC[C@@H](CCC)O[C]O[C@H]1CC[C@H](C)CC1. The Morgan fingerprint density at radius 3 is 2.23 bits per heavy atom. The maximum absolute atomic E-state index is 5.77. The summed E-state index contributed by atoms with van der Waals surface area (Å²) in [6, 6.07) is 0. The Hall–Kier alpha value is -0.0800. The molecule has 0 aromatic rings. The van der Waals surface area contributed by atoms with Crippen LogP contribution in [0.25, 0.3) is 0 Å². The Balaban J connectivity index is 2.04. The Morgan fingerprint density at radius 2 is 1.55 bits per heavy atom. The fourth-order valence-corrected chi connectivity index (χ4v) is 3.25. The van der Waals surface area contributed by atoms with E-state index in [0.717, 1.165) is 31.6 Å². The van der Waals surface area contributed by atoms with Gasteiger partial charge in [0, 0.05) is 0 Å². The average molecular weight is 311 g/mol. The fraction of sp³-hybridized carbons (Fsp3) is 0.950. The highest BCUT2D eigenvalue weighted by Gasteiger charge is 2.19. The van der Waals surface area contributed by atoms with Crippen LogP contribution in [0.2, 0.25) is 0 Å². The molecule has 1 aliphatic rings. The van der Waals surface area contributed by atoms with Crippen LogP contribution in [-0.2, 0) is 9.47 Å². The highest BCUT2D eigenvalue weighted by atomic mass is 16.7. The largest absolute Gasteiger partial charge is 0.337 e. The van der Waals surface area contributed by atoms with Gasteiger partial charge in [-0.25, -0.2) is 0 Å². The molecule has 0 spiro atoms. The monoisotopic (exact) mass is 310 g/mol. The summed E-state index contributed by atoms with van der Waals surface area (Å²) in [5.74, 6) is 0.862. The van der Waals surface area contributed by atoms with E-state index in [1.807, 2.05) is 0 Å². The van der Waals surface area contributed by atoms with Crippen LogP contribution in [0.5, 0.6) is 0 Å². The summed E-state index contributed by atoms with van der Waals surface area (Å²) >= 11 is 0. The standard InChI is InChI=1S/C20H38O2/c1-4-6-7-8-9-10-12-19(11-5-2)21-17-22-20-15-13-18(3)14-16-20/h18-20H,4-16H2,1-3H3/t18-,19-,20-/m1/s1. The van der Waals surface area contributed by atoms with Crippen LogP contribution in [0.15, 0.2) is 0 Å². The van der Waals surface area contributed by atoms with Crippen molar-refractivity contribution in [3.63, 3.8) is 0 Å². The first-order chi connectivity index (χ1) is 10.8. The first-order valence-corrected chi connectivity index (χ1v) is 9.82. The van der Waals surface area contributed by atoms with Crippen molar-refractivity contribution in [2.75, 3.05) is 0 Å². The van der Waals surface area contributed by atoms with Gasteiger partial charge in [0.2, 0.25) is 0 Å². The minimum atomic E-state index is 0.304. The van der Waals surface area contributed by atoms with E-state index in [2.05, 4.69) is 27.6 Å². The topological polar surface area (TPSA) is 18.5 Å².